The summed E-state index contributed by atoms with van der Waals surface area (Å²) in [6.45, 7) is 8.94. The second-order valence-electron chi connectivity index (χ2n) is 4.26. The van der Waals surface area contributed by atoms with Gasteiger partial charge in [0, 0.05) is 19.6 Å². The molecular weight excluding hydrogens is 176 g/mol. The van der Waals surface area contributed by atoms with Gasteiger partial charge in [0.25, 0.3) is 0 Å². The van der Waals surface area contributed by atoms with Gasteiger partial charge in [-0.15, -0.1) is 0 Å². The van der Waals surface area contributed by atoms with Crippen LogP contribution in [0.4, 0.5) is 0 Å². The Morgan fingerprint density at radius 1 is 1.43 bits per heavy atom. The summed E-state index contributed by atoms with van der Waals surface area (Å²) in [5.41, 5.74) is 0. The lowest BCUT2D eigenvalue weighted by Gasteiger charge is -2.23. The molecular formula is C11H24N2O. The highest BCUT2D eigenvalue weighted by Gasteiger charge is 2.24. The zero-order valence-corrected chi connectivity index (χ0v) is 9.50. The van der Waals surface area contributed by atoms with E-state index >= 15 is 0 Å². The fourth-order valence-electron chi connectivity index (χ4n) is 1.67. The van der Waals surface area contributed by atoms with E-state index < -0.39 is 0 Å². The van der Waals surface area contributed by atoms with E-state index in [0.717, 1.165) is 32.1 Å². The van der Waals surface area contributed by atoms with Crippen molar-refractivity contribution < 1.29 is 5.11 Å². The molecule has 2 N–H and O–H groups in total. The zero-order chi connectivity index (χ0) is 10.4. The lowest BCUT2D eigenvalue weighted by Crippen LogP contribution is -2.39. The molecule has 1 atom stereocenters. The van der Waals surface area contributed by atoms with Gasteiger partial charge in [0.2, 0.25) is 0 Å². The van der Waals surface area contributed by atoms with Crippen molar-refractivity contribution in [3.63, 3.8) is 0 Å². The summed E-state index contributed by atoms with van der Waals surface area (Å²) in [6.07, 6.45) is 2.56. The molecule has 1 rings (SSSR count). The van der Waals surface area contributed by atoms with Crippen molar-refractivity contribution >= 4 is 0 Å². The minimum atomic E-state index is -0.214. The highest BCUT2D eigenvalue weighted by atomic mass is 16.3. The van der Waals surface area contributed by atoms with Crippen molar-refractivity contribution in [2.45, 2.75) is 32.8 Å². The number of aliphatic hydroxyl groups excluding tert-OH is 1. The third-order valence-electron chi connectivity index (χ3n) is 2.76. The van der Waals surface area contributed by atoms with Crippen LogP contribution in [0.2, 0.25) is 0 Å². The van der Waals surface area contributed by atoms with E-state index in [1.165, 1.54) is 19.4 Å². The van der Waals surface area contributed by atoms with Crippen molar-refractivity contribution in [2.24, 2.45) is 5.92 Å². The first-order valence-corrected chi connectivity index (χ1v) is 5.87. The van der Waals surface area contributed by atoms with E-state index in [1.54, 1.807) is 0 Å². The molecule has 1 unspecified atom stereocenters. The first-order valence-electron chi connectivity index (χ1n) is 5.87. The van der Waals surface area contributed by atoms with Crippen LogP contribution in [-0.4, -0.2) is 48.8 Å². The summed E-state index contributed by atoms with van der Waals surface area (Å²) < 4.78 is 0. The van der Waals surface area contributed by atoms with E-state index in [4.69, 9.17) is 0 Å². The van der Waals surface area contributed by atoms with Gasteiger partial charge < -0.3 is 15.3 Å². The maximum atomic E-state index is 9.71. The molecule has 0 radical (unpaired) electrons. The minimum absolute atomic E-state index is 0.214. The number of nitrogens with one attached hydrogen (secondary N) is 1. The van der Waals surface area contributed by atoms with Gasteiger partial charge in [0.1, 0.15) is 0 Å². The summed E-state index contributed by atoms with van der Waals surface area (Å²) in [5.74, 6) is 0.918. The number of hydrogen-bond acceptors (Lipinski definition) is 3. The predicted molar refractivity (Wildman–Crippen MR) is 59.4 cm³/mol. The number of hydrogen-bond donors (Lipinski definition) is 2. The second kappa shape index (κ2) is 6.38. The molecule has 3 heteroatoms. The van der Waals surface area contributed by atoms with Gasteiger partial charge in [0.15, 0.2) is 0 Å². The molecule has 1 aliphatic rings. The third-order valence-corrected chi connectivity index (χ3v) is 2.76. The molecule has 0 aliphatic heterocycles. The number of rotatable bonds is 8. The Morgan fingerprint density at radius 3 is 2.64 bits per heavy atom. The maximum Gasteiger partial charge on any atom is 0.0791 e. The van der Waals surface area contributed by atoms with E-state index in [1.807, 2.05) is 0 Å². The van der Waals surface area contributed by atoms with Crippen LogP contribution >= 0.6 is 0 Å². The van der Waals surface area contributed by atoms with Crippen LogP contribution in [-0.2, 0) is 0 Å². The smallest absolute Gasteiger partial charge is 0.0791 e. The van der Waals surface area contributed by atoms with Crippen LogP contribution in [0.5, 0.6) is 0 Å². The van der Waals surface area contributed by atoms with Gasteiger partial charge in [-0.05, 0) is 31.8 Å². The van der Waals surface area contributed by atoms with Crippen LogP contribution in [0.15, 0.2) is 0 Å². The molecule has 84 valence electrons. The minimum Gasteiger partial charge on any atom is -0.390 e. The summed E-state index contributed by atoms with van der Waals surface area (Å²) in [7, 11) is 0. The quantitative estimate of drug-likeness (QED) is 0.605. The van der Waals surface area contributed by atoms with Gasteiger partial charge in [-0.2, -0.15) is 0 Å². The van der Waals surface area contributed by atoms with E-state index in [-0.39, 0.29) is 6.10 Å². The molecule has 0 spiro atoms. The van der Waals surface area contributed by atoms with Gasteiger partial charge in [0.05, 0.1) is 6.10 Å². The van der Waals surface area contributed by atoms with Crippen molar-refractivity contribution in [2.75, 3.05) is 32.7 Å². The molecule has 0 aromatic heterocycles. The summed E-state index contributed by atoms with van der Waals surface area (Å²) in [5, 5.41) is 12.9. The molecule has 0 heterocycles. The summed E-state index contributed by atoms with van der Waals surface area (Å²) in [4.78, 5) is 2.36. The highest BCUT2D eigenvalue weighted by molar-refractivity contribution is 4.78. The van der Waals surface area contributed by atoms with Crippen LogP contribution in [0.1, 0.15) is 26.7 Å². The van der Waals surface area contributed by atoms with Gasteiger partial charge in [-0.25, -0.2) is 0 Å². The van der Waals surface area contributed by atoms with Crippen molar-refractivity contribution in [3.8, 4) is 0 Å². The SMILES string of the molecule is CCNCC(O)CN(CC)CC1CC1. The number of likely N-dealkylation sites (N-methyl/N-ethyl adjacent to an activating group) is 2. The van der Waals surface area contributed by atoms with Crippen LogP contribution in [0.3, 0.4) is 0 Å². The van der Waals surface area contributed by atoms with Gasteiger partial charge in [-0.1, -0.05) is 13.8 Å². The Labute approximate surface area is 87.5 Å². The highest BCUT2D eigenvalue weighted by Crippen LogP contribution is 2.29. The molecule has 0 saturated heterocycles. The average molecular weight is 200 g/mol. The maximum absolute atomic E-state index is 9.71. The molecule has 1 aliphatic carbocycles. The van der Waals surface area contributed by atoms with Crippen LogP contribution in [0.25, 0.3) is 0 Å². The van der Waals surface area contributed by atoms with E-state index in [2.05, 4.69) is 24.1 Å². The van der Waals surface area contributed by atoms with Crippen molar-refractivity contribution in [1.29, 1.82) is 0 Å². The summed E-state index contributed by atoms with van der Waals surface area (Å²) in [6, 6.07) is 0. The van der Waals surface area contributed by atoms with E-state index in [0.29, 0.717) is 0 Å². The van der Waals surface area contributed by atoms with Crippen molar-refractivity contribution in [1.82, 2.24) is 10.2 Å². The molecule has 14 heavy (non-hydrogen) atoms. The Hall–Kier alpha value is -0.120. The normalized spacial score (nSPS) is 18.9. The molecule has 1 saturated carbocycles. The van der Waals surface area contributed by atoms with Crippen molar-refractivity contribution in [3.05, 3.63) is 0 Å². The Kier molecular flexibility index (Phi) is 5.45. The average Bonchev–Trinajstić information content (AvgIpc) is 2.97. The Bertz CT molecular complexity index is 148. The zero-order valence-electron chi connectivity index (χ0n) is 9.50. The van der Waals surface area contributed by atoms with Gasteiger partial charge in [-0.3, -0.25) is 0 Å². The van der Waals surface area contributed by atoms with Gasteiger partial charge >= 0.3 is 0 Å². The monoisotopic (exact) mass is 200 g/mol. The van der Waals surface area contributed by atoms with E-state index in [9.17, 15) is 5.11 Å². The second-order valence-corrected chi connectivity index (χ2v) is 4.26. The molecule has 0 aromatic carbocycles. The number of aliphatic hydroxyl groups is 1. The fraction of sp³-hybridized carbons (Fsp3) is 1.00. The largest absolute Gasteiger partial charge is 0.390 e. The summed E-state index contributed by atoms with van der Waals surface area (Å²) >= 11 is 0. The standard InChI is InChI=1S/C11H24N2O/c1-3-12-7-11(14)9-13(4-2)8-10-5-6-10/h10-12,14H,3-9H2,1-2H3. The first-order chi connectivity index (χ1) is 6.76. The van der Waals surface area contributed by atoms with Crippen LogP contribution < -0.4 is 5.32 Å². The Balaban J connectivity index is 2.10. The lowest BCUT2D eigenvalue weighted by atomic mass is 10.3. The number of nitrogens with zero attached hydrogens (tertiary/aromatic N) is 1. The van der Waals surface area contributed by atoms with Crippen LogP contribution in [0, 0.1) is 5.92 Å². The predicted octanol–water partition coefficient (Wildman–Crippen LogP) is 0.689. The third kappa shape index (κ3) is 4.94. The topological polar surface area (TPSA) is 35.5 Å². The molecule has 3 nitrogen and oxygen atoms in total. The Morgan fingerprint density at radius 2 is 2.14 bits per heavy atom. The molecule has 1 fully saturated rings. The molecule has 0 aromatic rings. The molecule has 0 bridgehead atoms. The molecule has 0 amide bonds. The first kappa shape index (κ1) is 12.0. The fourth-order valence-corrected chi connectivity index (χ4v) is 1.67. The lowest BCUT2D eigenvalue weighted by molar-refractivity contribution is 0.112.